The van der Waals surface area contributed by atoms with Crippen molar-refractivity contribution < 1.29 is 24.1 Å². The van der Waals surface area contributed by atoms with Crippen LogP contribution < -0.4 is 0 Å². The lowest BCUT2D eigenvalue weighted by Crippen LogP contribution is -2.52. The molecular weight excluding hydrogens is 445 g/mol. The van der Waals surface area contributed by atoms with Gasteiger partial charge in [-0.25, -0.2) is 4.39 Å². The van der Waals surface area contributed by atoms with E-state index in [2.05, 4.69) is 11.8 Å². The molecule has 1 fully saturated rings. The van der Waals surface area contributed by atoms with Gasteiger partial charge in [0.05, 0.1) is 18.8 Å². The summed E-state index contributed by atoms with van der Waals surface area (Å²) in [6.07, 6.45) is 4.40. The fourth-order valence-electron chi connectivity index (χ4n) is 4.63. The van der Waals surface area contributed by atoms with Crippen LogP contribution in [0.5, 0.6) is 0 Å². The van der Waals surface area contributed by atoms with Gasteiger partial charge < -0.3 is 14.9 Å². The predicted molar refractivity (Wildman–Crippen MR) is 137 cm³/mol. The molecule has 0 unspecified atom stereocenters. The van der Waals surface area contributed by atoms with Crippen molar-refractivity contribution in [3.05, 3.63) is 76.6 Å². The van der Waals surface area contributed by atoms with Gasteiger partial charge in [-0.15, -0.1) is 0 Å². The van der Waals surface area contributed by atoms with E-state index >= 15 is 0 Å². The van der Waals surface area contributed by atoms with Crippen molar-refractivity contribution in [1.82, 2.24) is 4.90 Å². The molecule has 3 atom stereocenters. The smallest absolute Gasteiger partial charge is 0.303 e. The molecule has 2 N–H and O–H groups in total. The minimum absolute atomic E-state index is 0.111. The summed E-state index contributed by atoms with van der Waals surface area (Å²) in [5.41, 5.74) is 4.85. The maximum Gasteiger partial charge on any atom is 0.303 e. The third-order valence-corrected chi connectivity index (χ3v) is 6.83. The van der Waals surface area contributed by atoms with Gasteiger partial charge in [0.15, 0.2) is 0 Å². The highest BCUT2D eigenvalue weighted by Gasteiger charge is 2.30. The lowest BCUT2D eigenvalue weighted by molar-refractivity contribution is -0.136. The van der Waals surface area contributed by atoms with Crippen molar-refractivity contribution in [2.45, 2.75) is 71.1 Å². The summed E-state index contributed by atoms with van der Waals surface area (Å²) in [6.45, 7) is 7.49. The summed E-state index contributed by atoms with van der Waals surface area (Å²) in [5, 5.41) is 19.6. The van der Waals surface area contributed by atoms with E-state index in [1.54, 1.807) is 13.0 Å². The molecule has 190 valence electrons. The topological polar surface area (TPSA) is 70.0 Å². The average molecular weight is 484 g/mol. The Bertz CT molecular complexity index is 1020. The first-order valence-corrected chi connectivity index (χ1v) is 12.6. The first-order chi connectivity index (χ1) is 16.8. The van der Waals surface area contributed by atoms with Gasteiger partial charge in [-0.1, -0.05) is 49.4 Å². The molecule has 1 aliphatic heterocycles. The number of hydrogen-bond donors (Lipinski definition) is 2. The monoisotopic (exact) mass is 483 g/mol. The van der Waals surface area contributed by atoms with E-state index in [9.17, 15) is 14.3 Å². The van der Waals surface area contributed by atoms with E-state index in [1.807, 2.05) is 49.4 Å². The molecule has 1 heterocycles. The highest BCUT2D eigenvalue weighted by atomic mass is 19.1. The van der Waals surface area contributed by atoms with Gasteiger partial charge in [0, 0.05) is 25.6 Å². The number of carbonyl (C=O) groups is 1. The second-order valence-corrected chi connectivity index (χ2v) is 9.46. The first kappa shape index (κ1) is 27.1. The lowest BCUT2D eigenvalue weighted by atomic mass is 9.94. The third-order valence-electron chi connectivity index (χ3n) is 6.83. The Hall–Kier alpha value is -2.54. The molecule has 2 aromatic rings. The van der Waals surface area contributed by atoms with E-state index in [4.69, 9.17) is 9.84 Å². The molecule has 2 aromatic carbocycles. The average Bonchev–Trinajstić information content (AvgIpc) is 2.83. The number of allylic oxidation sites excluding steroid dienone is 2. The molecule has 35 heavy (non-hydrogen) atoms. The molecule has 0 spiro atoms. The second kappa shape index (κ2) is 13.0. The highest BCUT2D eigenvalue weighted by molar-refractivity contribution is 5.70. The number of aryl methyl sites for hydroxylation is 1. The fraction of sp³-hybridized carbons (Fsp3) is 0.483. The van der Waals surface area contributed by atoms with Crippen LogP contribution >= 0.6 is 0 Å². The van der Waals surface area contributed by atoms with Gasteiger partial charge in [-0.2, -0.15) is 0 Å². The number of likely N-dealkylation sites (tertiary alicyclic amines) is 1. The fourth-order valence-corrected chi connectivity index (χ4v) is 4.63. The summed E-state index contributed by atoms with van der Waals surface area (Å²) in [6, 6.07) is 13.7. The van der Waals surface area contributed by atoms with Crippen LogP contribution in [0.15, 0.2) is 48.5 Å². The van der Waals surface area contributed by atoms with Crippen LogP contribution in [0, 0.1) is 12.7 Å². The Balaban J connectivity index is 1.53. The number of benzene rings is 2. The van der Waals surface area contributed by atoms with Crippen molar-refractivity contribution in [2.75, 3.05) is 19.7 Å². The van der Waals surface area contributed by atoms with Crippen LogP contribution in [0.2, 0.25) is 0 Å². The number of aliphatic carboxylic acids is 1. The Morgan fingerprint density at radius 1 is 1.29 bits per heavy atom. The molecule has 3 rings (SSSR count). The molecule has 0 radical (unpaired) electrons. The third kappa shape index (κ3) is 7.72. The number of carboxylic acids is 1. The van der Waals surface area contributed by atoms with E-state index < -0.39 is 12.1 Å². The van der Waals surface area contributed by atoms with Crippen molar-refractivity contribution in [3.8, 4) is 0 Å². The minimum Gasteiger partial charge on any atom is -0.481 e. The number of β-amino-alcohol motifs (C(OH)–C–C–N with tert-alkyl or cyclic N) is 1. The summed E-state index contributed by atoms with van der Waals surface area (Å²) < 4.78 is 19.9. The van der Waals surface area contributed by atoms with Gasteiger partial charge in [-0.05, 0) is 73.4 Å². The van der Waals surface area contributed by atoms with Crippen LogP contribution in [-0.2, 0) is 16.0 Å². The second-order valence-electron chi connectivity index (χ2n) is 9.46. The molecule has 0 amide bonds. The van der Waals surface area contributed by atoms with Crippen molar-refractivity contribution in [1.29, 1.82) is 0 Å². The number of nitrogens with zero attached hydrogens (tertiary/aromatic N) is 1. The summed E-state index contributed by atoms with van der Waals surface area (Å²) in [5.74, 6) is -0.967. The molecule has 1 aliphatic rings. The van der Waals surface area contributed by atoms with Gasteiger partial charge in [0.1, 0.15) is 5.82 Å². The van der Waals surface area contributed by atoms with E-state index in [0.29, 0.717) is 24.6 Å². The normalized spacial score (nSPS) is 18.2. The standard InChI is InChI=1S/C29H38FNO4/c1-4-23(8-7-11-29(33)34)27-10-6-5-9-26(27)21(3)35-19-25(32)18-31-15-14-24(31)16-22-13-12-20(2)28(30)17-22/h5-6,8-10,12-13,17,21,24-25,32H,4,7,11,14-16,18-19H2,1-3H3,(H,33,34)/b23-8+/t21-,24+,25+/m1/s1. The number of rotatable bonds is 13. The summed E-state index contributed by atoms with van der Waals surface area (Å²) >= 11 is 0. The van der Waals surface area contributed by atoms with Gasteiger partial charge in [0.25, 0.3) is 0 Å². The zero-order valence-corrected chi connectivity index (χ0v) is 21.0. The molecular formula is C29H38FNO4. The molecule has 0 bridgehead atoms. The number of hydrogen-bond acceptors (Lipinski definition) is 4. The number of carboxylic acid groups (broad SMARTS) is 1. The predicted octanol–water partition coefficient (Wildman–Crippen LogP) is 5.55. The SMILES string of the molecule is CC/C(=C\CCC(=O)O)c1ccccc1[C@@H](C)OC[C@@H](O)CN1CC[C@H]1Cc1ccc(C)c(F)c1. The van der Waals surface area contributed by atoms with Crippen LogP contribution in [0.3, 0.4) is 0 Å². The Morgan fingerprint density at radius 2 is 2.06 bits per heavy atom. The van der Waals surface area contributed by atoms with Crippen molar-refractivity contribution in [2.24, 2.45) is 0 Å². The van der Waals surface area contributed by atoms with Crippen molar-refractivity contribution >= 4 is 11.5 Å². The van der Waals surface area contributed by atoms with Crippen LogP contribution in [-0.4, -0.2) is 52.9 Å². The van der Waals surface area contributed by atoms with E-state index in [-0.39, 0.29) is 24.9 Å². The Morgan fingerprint density at radius 3 is 2.71 bits per heavy atom. The molecule has 0 saturated carbocycles. The molecule has 0 aromatic heterocycles. The zero-order valence-electron chi connectivity index (χ0n) is 21.0. The molecule has 6 heteroatoms. The number of aliphatic hydroxyl groups is 1. The van der Waals surface area contributed by atoms with Gasteiger partial charge in [-0.3, -0.25) is 9.69 Å². The highest BCUT2D eigenvalue weighted by Crippen LogP contribution is 2.29. The zero-order chi connectivity index (χ0) is 25.4. The maximum atomic E-state index is 13.9. The number of halogens is 1. The van der Waals surface area contributed by atoms with E-state index in [1.165, 1.54) is 0 Å². The first-order valence-electron chi connectivity index (χ1n) is 12.6. The number of ether oxygens (including phenoxy) is 1. The maximum absolute atomic E-state index is 13.9. The van der Waals surface area contributed by atoms with Gasteiger partial charge in [0.2, 0.25) is 0 Å². The quantitative estimate of drug-likeness (QED) is 0.391. The summed E-state index contributed by atoms with van der Waals surface area (Å²) in [4.78, 5) is 13.1. The Labute approximate surface area is 208 Å². The summed E-state index contributed by atoms with van der Waals surface area (Å²) in [7, 11) is 0. The minimum atomic E-state index is -0.800. The van der Waals surface area contributed by atoms with Gasteiger partial charge >= 0.3 is 5.97 Å². The van der Waals surface area contributed by atoms with Crippen LogP contribution in [0.1, 0.15) is 67.9 Å². The van der Waals surface area contributed by atoms with Crippen molar-refractivity contribution in [3.63, 3.8) is 0 Å². The molecule has 0 aliphatic carbocycles. The number of aliphatic hydroxyl groups excluding tert-OH is 1. The Kier molecular flexibility index (Phi) is 10.0. The van der Waals surface area contributed by atoms with E-state index in [0.717, 1.165) is 48.1 Å². The molecule has 1 saturated heterocycles. The molecule has 5 nitrogen and oxygen atoms in total. The van der Waals surface area contributed by atoms with Crippen LogP contribution in [0.25, 0.3) is 5.57 Å². The van der Waals surface area contributed by atoms with Crippen LogP contribution in [0.4, 0.5) is 4.39 Å². The lowest BCUT2D eigenvalue weighted by Gasteiger charge is -2.42. The largest absolute Gasteiger partial charge is 0.481 e.